The lowest BCUT2D eigenvalue weighted by atomic mass is 10.1. The number of phenolic OH excluding ortho intramolecular Hbond substituents is 1. The van der Waals surface area contributed by atoms with E-state index in [1.54, 1.807) is 6.07 Å². The number of aromatic nitrogens is 2. The lowest BCUT2D eigenvalue weighted by molar-refractivity contribution is 0.0497. The summed E-state index contributed by atoms with van der Waals surface area (Å²) in [6.07, 6.45) is 14.7. The molecule has 0 spiro atoms. The quantitative estimate of drug-likeness (QED) is 0.157. The number of hydrogen-bond acceptors (Lipinski definition) is 6. The lowest BCUT2D eigenvalue weighted by Gasteiger charge is -2.12. The summed E-state index contributed by atoms with van der Waals surface area (Å²) >= 11 is 12.5. The van der Waals surface area contributed by atoms with Crippen molar-refractivity contribution in [1.29, 1.82) is 0 Å². The highest BCUT2D eigenvalue weighted by Crippen LogP contribution is 2.32. The number of anilines is 1. The van der Waals surface area contributed by atoms with Gasteiger partial charge in [-0.3, -0.25) is 4.79 Å². The lowest BCUT2D eigenvalue weighted by Crippen LogP contribution is -2.14. The molecule has 0 fully saturated rings. The van der Waals surface area contributed by atoms with Gasteiger partial charge >= 0.3 is 5.97 Å². The molecule has 37 heavy (non-hydrogen) atoms. The molecule has 0 bridgehead atoms. The molecule has 2 aromatic carbocycles. The van der Waals surface area contributed by atoms with E-state index in [-0.39, 0.29) is 38.1 Å². The van der Waals surface area contributed by atoms with Gasteiger partial charge in [0.1, 0.15) is 11.8 Å². The van der Waals surface area contributed by atoms with Gasteiger partial charge in [0, 0.05) is 11.6 Å². The number of carbonyl (C=O) groups is 2. The maximum absolute atomic E-state index is 12.9. The maximum Gasteiger partial charge on any atom is 0.339 e. The van der Waals surface area contributed by atoms with E-state index in [0.717, 1.165) is 19.3 Å². The molecule has 0 atom stereocenters. The average Bonchev–Trinajstić information content (AvgIpc) is 2.89. The van der Waals surface area contributed by atoms with E-state index >= 15 is 0 Å². The molecule has 0 saturated carbocycles. The van der Waals surface area contributed by atoms with Crippen LogP contribution in [0.2, 0.25) is 10.0 Å². The smallest absolute Gasteiger partial charge is 0.339 e. The summed E-state index contributed by atoms with van der Waals surface area (Å²) in [6.45, 7) is 2.52. The Kier molecular flexibility index (Phi) is 11.4. The van der Waals surface area contributed by atoms with E-state index in [0.29, 0.717) is 12.0 Å². The molecular formula is C28H33Cl2N3O4. The topological polar surface area (TPSA) is 101 Å². The van der Waals surface area contributed by atoms with Gasteiger partial charge in [-0.05, 0) is 24.6 Å². The number of carbonyl (C=O) groups excluding carboxylic acids is 2. The van der Waals surface area contributed by atoms with E-state index < -0.39 is 11.9 Å². The first-order valence-electron chi connectivity index (χ1n) is 12.8. The number of aromatic hydroxyl groups is 1. The minimum Gasteiger partial charge on any atom is -0.505 e. The second-order valence-electron chi connectivity index (χ2n) is 9.01. The Morgan fingerprint density at radius 1 is 0.919 bits per heavy atom. The molecular weight excluding hydrogens is 513 g/mol. The van der Waals surface area contributed by atoms with Crippen molar-refractivity contribution in [2.75, 3.05) is 11.9 Å². The van der Waals surface area contributed by atoms with Crippen LogP contribution < -0.4 is 5.32 Å². The zero-order chi connectivity index (χ0) is 26.6. The number of amides is 1. The highest BCUT2D eigenvalue weighted by Gasteiger charge is 2.19. The summed E-state index contributed by atoms with van der Waals surface area (Å²) in [5, 5.41) is 14.0. The highest BCUT2D eigenvalue weighted by molar-refractivity contribution is 6.38. The minimum atomic E-state index is -0.619. The summed E-state index contributed by atoms with van der Waals surface area (Å²) < 4.78 is 5.40. The van der Waals surface area contributed by atoms with Crippen molar-refractivity contribution in [3.8, 4) is 5.75 Å². The normalized spacial score (nSPS) is 11.0. The Morgan fingerprint density at radius 2 is 1.59 bits per heavy atom. The monoisotopic (exact) mass is 545 g/mol. The van der Waals surface area contributed by atoms with Crippen molar-refractivity contribution in [3.63, 3.8) is 0 Å². The van der Waals surface area contributed by atoms with Gasteiger partial charge in [-0.1, -0.05) is 94.0 Å². The summed E-state index contributed by atoms with van der Waals surface area (Å²) in [6, 6.07) is 5.85. The average molecular weight is 546 g/mol. The molecule has 1 heterocycles. The molecule has 3 aromatic rings. The molecule has 3 rings (SSSR count). The van der Waals surface area contributed by atoms with Gasteiger partial charge in [0.05, 0.1) is 33.5 Å². The van der Waals surface area contributed by atoms with E-state index in [2.05, 4.69) is 22.2 Å². The van der Waals surface area contributed by atoms with Gasteiger partial charge in [0.15, 0.2) is 5.75 Å². The van der Waals surface area contributed by atoms with Crippen molar-refractivity contribution in [1.82, 2.24) is 9.97 Å². The van der Waals surface area contributed by atoms with Crippen LogP contribution in [0.3, 0.4) is 0 Å². The van der Waals surface area contributed by atoms with Gasteiger partial charge in [-0.15, -0.1) is 0 Å². The van der Waals surface area contributed by atoms with Crippen molar-refractivity contribution < 1.29 is 19.4 Å². The number of ether oxygens (including phenoxy) is 1. The number of rotatable bonds is 14. The van der Waals surface area contributed by atoms with Crippen LogP contribution >= 0.6 is 23.2 Å². The third kappa shape index (κ3) is 8.30. The van der Waals surface area contributed by atoms with Crippen molar-refractivity contribution in [2.24, 2.45) is 0 Å². The number of halogens is 2. The van der Waals surface area contributed by atoms with Crippen LogP contribution in [0.15, 0.2) is 36.8 Å². The first-order valence-corrected chi connectivity index (χ1v) is 13.6. The van der Waals surface area contributed by atoms with Crippen molar-refractivity contribution in [3.05, 3.63) is 58.0 Å². The van der Waals surface area contributed by atoms with E-state index in [9.17, 15) is 14.7 Å². The summed E-state index contributed by atoms with van der Waals surface area (Å²) in [5.74, 6) is -1.48. The number of esters is 1. The van der Waals surface area contributed by atoms with Crippen molar-refractivity contribution in [2.45, 2.75) is 71.1 Å². The highest BCUT2D eigenvalue weighted by atomic mass is 35.5. The second-order valence-corrected chi connectivity index (χ2v) is 9.82. The Hall–Kier alpha value is -2.90. The van der Waals surface area contributed by atoms with Crippen molar-refractivity contribution >= 4 is 51.7 Å². The standard InChI is InChI=1S/C28H33Cl2N3O4/c1-2-3-4-5-6-7-8-9-10-11-14-37-28(36)21-15-24(23(30)16-22(21)29)33-27(35)20-13-12-19-17-31-18-32-25(19)26(20)34/h12-13,15-18,34H,2-11,14H2,1H3,(H,33,35). The third-order valence-electron chi connectivity index (χ3n) is 6.15. The molecule has 1 aromatic heterocycles. The zero-order valence-corrected chi connectivity index (χ0v) is 22.6. The minimum absolute atomic E-state index is 0.00213. The largest absolute Gasteiger partial charge is 0.505 e. The predicted molar refractivity (Wildman–Crippen MR) is 148 cm³/mol. The van der Waals surface area contributed by atoms with Crippen LogP contribution in [0, 0.1) is 0 Å². The molecule has 0 aliphatic heterocycles. The molecule has 0 aliphatic carbocycles. The number of phenols is 1. The predicted octanol–water partition coefficient (Wildman–Crippen LogP) is 7.97. The van der Waals surface area contributed by atoms with E-state index in [1.165, 1.54) is 75.7 Å². The number of nitrogens with one attached hydrogen (secondary N) is 1. The van der Waals surface area contributed by atoms with Gasteiger partial charge < -0.3 is 15.2 Å². The Bertz CT molecular complexity index is 1220. The number of hydrogen-bond donors (Lipinski definition) is 2. The summed E-state index contributed by atoms with van der Waals surface area (Å²) in [7, 11) is 0. The molecule has 0 saturated heterocycles. The molecule has 0 aliphatic rings. The zero-order valence-electron chi connectivity index (χ0n) is 21.1. The van der Waals surface area contributed by atoms with Gasteiger partial charge in [-0.2, -0.15) is 0 Å². The summed E-state index contributed by atoms with van der Waals surface area (Å²) in [5.41, 5.74) is 0.524. The van der Waals surface area contributed by atoms with Gasteiger partial charge in [0.25, 0.3) is 5.91 Å². The molecule has 0 unspecified atom stereocenters. The fraction of sp³-hybridized carbons (Fsp3) is 0.429. The maximum atomic E-state index is 12.9. The number of fused-ring (bicyclic) bond motifs is 1. The Morgan fingerprint density at radius 3 is 2.30 bits per heavy atom. The van der Waals surface area contributed by atoms with E-state index in [4.69, 9.17) is 27.9 Å². The Labute approximate surface area is 227 Å². The van der Waals surface area contributed by atoms with Crippen LogP contribution in [0.25, 0.3) is 10.9 Å². The van der Waals surface area contributed by atoms with Gasteiger partial charge in [-0.25, -0.2) is 14.8 Å². The van der Waals surface area contributed by atoms with Crippen LogP contribution in [-0.4, -0.2) is 33.6 Å². The molecule has 1 amide bonds. The van der Waals surface area contributed by atoms with Crippen LogP contribution in [0.5, 0.6) is 5.75 Å². The first kappa shape index (κ1) is 28.7. The van der Waals surface area contributed by atoms with E-state index in [1.807, 2.05) is 0 Å². The summed E-state index contributed by atoms with van der Waals surface area (Å²) in [4.78, 5) is 33.4. The van der Waals surface area contributed by atoms with Crippen LogP contribution in [0.4, 0.5) is 5.69 Å². The third-order valence-corrected chi connectivity index (χ3v) is 6.78. The number of nitrogens with zero attached hydrogens (tertiary/aromatic N) is 2. The Balaban J connectivity index is 1.52. The molecule has 198 valence electrons. The van der Waals surface area contributed by atoms with Crippen LogP contribution in [0.1, 0.15) is 91.8 Å². The second kappa shape index (κ2) is 14.7. The molecule has 7 nitrogen and oxygen atoms in total. The van der Waals surface area contributed by atoms with Gasteiger partial charge in [0.2, 0.25) is 0 Å². The fourth-order valence-electron chi connectivity index (χ4n) is 4.05. The first-order chi connectivity index (χ1) is 17.9. The molecule has 2 N–H and O–H groups in total. The number of unbranched alkanes of at least 4 members (excludes halogenated alkanes) is 9. The number of benzene rings is 2. The van der Waals surface area contributed by atoms with Crippen LogP contribution in [-0.2, 0) is 4.74 Å². The SMILES string of the molecule is CCCCCCCCCCCCOC(=O)c1cc(NC(=O)c2ccc3cncnc3c2O)c(Cl)cc1Cl. The molecule has 9 heteroatoms. The molecule has 0 radical (unpaired) electrons. The fourth-order valence-corrected chi connectivity index (χ4v) is 4.55.